The second-order valence-electron chi connectivity index (χ2n) is 5.98. The molecule has 7 N–H and O–H groups in total. The number of ether oxygens (including phenoxy) is 1. The summed E-state index contributed by atoms with van der Waals surface area (Å²) in [7, 11) is 0. The fourth-order valence-corrected chi connectivity index (χ4v) is 2.35. The Bertz CT molecular complexity index is 821. The molecule has 0 aromatic heterocycles. The van der Waals surface area contributed by atoms with Crippen molar-refractivity contribution >= 4 is 23.4 Å². The van der Waals surface area contributed by atoms with Crippen molar-refractivity contribution in [1.29, 1.82) is 5.41 Å². The zero-order valence-electron chi connectivity index (χ0n) is 14.6. The second-order valence-corrected chi connectivity index (χ2v) is 5.98. The van der Waals surface area contributed by atoms with E-state index in [0.717, 1.165) is 0 Å². The molecule has 1 amide bonds. The summed E-state index contributed by atoms with van der Waals surface area (Å²) in [5, 5.41) is 19.2. The largest absolute Gasteiger partial charge is 0.491 e. The maximum Gasteiger partial charge on any atom is 0.303 e. The van der Waals surface area contributed by atoms with Gasteiger partial charge in [-0.1, -0.05) is 12.1 Å². The highest BCUT2D eigenvalue weighted by Crippen LogP contribution is 2.14. The topological polar surface area (TPSA) is 152 Å². The van der Waals surface area contributed by atoms with Crippen LogP contribution in [0.5, 0.6) is 5.75 Å². The number of amides is 1. The van der Waals surface area contributed by atoms with Gasteiger partial charge < -0.3 is 26.6 Å². The lowest BCUT2D eigenvalue weighted by Crippen LogP contribution is -2.39. The number of hydrogen-bond donors (Lipinski definition) is 5. The minimum absolute atomic E-state index is 0.0787. The molecule has 142 valence electrons. The van der Waals surface area contributed by atoms with Gasteiger partial charge in [0.2, 0.25) is 0 Å². The molecular formula is C19H22N4O4. The second kappa shape index (κ2) is 9.23. The fraction of sp³-hybridized carbons (Fsp3) is 0.211. The number of carboxylic acids is 1. The fourth-order valence-electron chi connectivity index (χ4n) is 2.35. The van der Waals surface area contributed by atoms with E-state index in [0.29, 0.717) is 22.6 Å². The van der Waals surface area contributed by atoms with Gasteiger partial charge in [-0.3, -0.25) is 15.0 Å². The van der Waals surface area contributed by atoms with Crippen molar-refractivity contribution in [2.24, 2.45) is 5.73 Å². The Balaban J connectivity index is 2.03. The summed E-state index contributed by atoms with van der Waals surface area (Å²) in [5.41, 5.74) is 12.5. The first-order valence-corrected chi connectivity index (χ1v) is 8.30. The Morgan fingerprint density at radius 3 is 2.48 bits per heavy atom. The molecule has 0 saturated heterocycles. The summed E-state index contributed by atoms with van der Waals surface area (Å²) in [4.78, 5) is 23.3. The molecule has 8 nitrogen and oxygen atoms in total. The summed E-state index contributed by atoms with van der Waals surface area (Å²) in [6.07, 6.45) is 0.103. The number of aliphatic carboxylic acids is 1. The monoisotopic (exact) mass is 370 g/mol. The van der Waals surface area contributed by atoms with E-state index >= 15 is 0 Å². The van der Waals surface area contributed by atoms with Gasteiger partial charge in [0.05, 0.1) is 6.04 Å². The smallest absolute Gasteiger partial charge is 0.303 e. The molecule has 0 spiro atoms. The molecule has 0 heterocycles. The first-order chi connectivity index (χ1) is 12.8. The van der Waals surface area contributed by atoms with Gasteiger partial charge in [-0.15, -0.1) is 0 Å². The number of nitrogens with two attached hydrogens (primary N) is 2. The van der Waals surface area contributed by atoms with E-state index in [2.05, 4.69) is 5.32 Å². The molecule has 27 heavy (non-hydrogen) atoms. The van der Waals surface area contributed by atoms with Crippen LogP contribution in [0.15, 0.2) is 48.5 Å². The number of anilines is 1. The number of benzene rings is 2. The molecule has 0 radical (unpaired) electrons. The minimum Gasteiger partial charge on any atom is -0.491 e. The first kappa shape index (κ1) is 19.8. The maximum atomic E-state index is 12.4. The van der Waals surface area contributed by atoms with Gasteiger partial charge in [0, 0.05) is 23.2 Å². The molecule has 0 bridgehead atoms. The molecule has 0 saturated carbocycles. The highest BCUT2D eigenvalue weighted by molar-refractivity contribution is 5.95. The normalized spacial score (nSPS) is 11.4. The molecule has 2 aromatic rings. The predicted octanol–water partition coefficient (Wildman–Crippen LogP) is 1.60. The molecule has 0 unspecified atom stereocenters. The zero-order chi connectivity index (χ0) is 19.8. The van der Waals surface area contributed by atoms with E-state index in [9.17, 15) is 9.59 Å². The predicted molar refractivity (Wildman–Crippen MR) is 102 cm³/mol. The van der Waals surface area contributed by atoms with Crippen LogP contribution in [-0.2, 0) is 4.79 Å². The molecular weight excluding hydrogens is 348 g/mol. The number of amidine groups is 1. The van der Waals surface area contributed by atoms with Crippen LogP contribution < -0.4 is 21.5 Å². The third-order valence-corrected chi connectivity index (χ3v) is 3.81. The summed E-state index contributed by atoms with van der Waals surface area (Å²) in [6, 6.07) is 12.6. The van der Waals surface area contributed by atoms with E-state index in [1.54, 1.807) is 48.5 Å². The third-order valence-electron chi connectivity index (χ3n) is 3.81. The van der Waals surface area contributed by atoms with Crippen LogP contribution in [0.25, 0.3) is 0 Å². The van der Waals surface area contributed by atoms with Crippen LogP contribution in [0.4, 0.5) is 5.69 Å². The average Bonchev–Trinajstić information content (AvgIpc) is 2.64. The van der Waals surface area contributed by atoms with Crippen LogP contribution in [0.3, 0.4) is 0 Å². The Kier molecular flexibility index (Phi) is 6.76. The van der Waals surface area contributed by atoms with Gasteiger partial charge in [-0.2, -0.15) is 0 Å². The van der Waals surface area contributed by atoms with Crippen molar-refractivity contribution in [2.75, 3.05) is 12.3 Å². The minimum atomic E-state index is -0.958. The highest BCUT2D eigenvalue weighted by atomic mass is 16.5. The molecule has 0 aliphatic heterocycles. The summed E-state index contributed by atoms with van der Waals surface area (Å²) in [6.45, 7) is 0.0787. The lowest BCUT2D eigenvalue weighted by Gasteiger charge is -2.19. The van der Waals surface area contributed by atoms with Gasteiger partial charge in [0.25, 0.3) is 5.91 Å². The van der Waals surface area contributed by atoms with Gasteiger partial charge >= 0.3 is 5.97 Å². The Labute approximate surface area is 156 Å². The van der Waals surface area contributed by atoms with E-state index in [4.69, 9.17) is 26.7 Å². The summed E-state index contributed by atoms with van der Waals surface area (Å²) >= 11 is 0. The number of rotatable bonds is 9. The van der Waals surface area contributed by atoms with Crippen molar-refractivity contribution < 1.29 is 19.4 Å². The molecule has 1 atom stereocenters. The number of hydrogen-bond acceptors (Lipinski definition) is 5. The van der Waals surface area contributed by atoms with Crippen LogP contribution >= 0.6 is 0 Å². The van der Waals surface area contributed by atoms with Crippen LogP contribution in [0, 0.1) is 5.41 Å². The zero-order valence-corrected chi connectivity index (χ0v) is 14.6. The molecule has 0 fully saturated rings. The van der Waals surface area contributed by atoms with E-state index in [1.165, 1.54) is 0 Å². The maximum absolute atomic E-state index is 12.4. The average molecular weight is 370 g/mol. The van der Waals surface area contributed by atoms with Crippen LogP contribution in [0.2, 0.25) is 0 Å². The van der Waals surface area contributed by atoms with Crippen molar-refractivity contribution in [2.45, 2.75) is 18.9 Å². The van der Waals surface area contributed by atoms with Crippen LogP contribution in [-0.4, -0.2) is 35.5 Å². The van der Waals surface area contributed by atoms with Crippen molar-refractivity contribution in [1.82, 2.24) is 5.32 Å². The molecule has 2 aromatic carbocycles. The third kappa shape index (κ3) is 6.35. The Morgan fingerprint density at radius 1 is 1.15 bits per heavy atom. The SMILES string of the molecule is N=C(N)c1cccc(OC[C@@H](CCC(=O)O)NC(=O)c2ccc(N)cc2)c1. The van der Waals surface area contributed by atoms with Crippen molar-refractivity contribution in [3.63, 3.8) is 0 Å². The number of carboxylic acid groups (broad SMARTS) is 1. The number of carbonyl (C=O) groups is 2. The number of carbonyl (C=O) groups excluding carboxylic acids is 1. The van der Waals surface area contributed by atoms with Gasteiger partial charge in [0.15, 0.2) is 0 Å². The lowest BCUT2D eigenvalue weighted by molar-refractivity contribution is -0.137. The van der Waals surface area contributed by atoms with E-state index < -0.39 is 12.0 Å². The molecule has 8 heteroatoms. The molecule has 2 rings (SSSR count). The number of nitrogen functional groups attached to an aromatic ring is 2. The van der Waals surface area contributed by atoms with Crippen molar-refractivity contribution in [3.8, 4) is 5.75 Å². The Morgan fingerprint density at radius 2 is 1.85 bits per heavy atom. The van der Waals surface area contributed by atoms with Gasteiger partial charge in [-0.25, -0.2) is 0 Å². The summed E-state index contributed by atoms with van der Waals surface area (Å²) in [5.74, 6) is -0.906. The van der Waals surface area contributed by atoms with E-state index in [1.807, 2.05) is 0 Å². The van der Waals surface area contributed by atoms with Crippen LogP contribution in [0.1, 0.15) is 28.8 Å². The van der Waals surface area contributed by atoms with E-state index in [-0.39, 0.29) is 31.2 Å². The Hall–Kier alpha value is -3.55. The highest BCUT2D eigenvalue weighted by Gasteiger charge is 2.16. The quantitative estimate of drug-likeness (QED) is 0.257. The standard InChI is InChI=1S/C19H22N4O4/c20-14-6-4-12(5-7-14)19(26)23-15(8-9-17(24)25)11-27-16-3-1-2-13(10-16)18(21)22/h1-7,10,15H,8-9,11,20H2,(H3,21,22)(H,23,26)(H,24,25)/t15-/m1/s1. The van der Waals surface area contributed by atoms with Gasteiger partial charge in [-0.05, 0) is 42.8 Å². The van der Waals surface area contributed by atoms with Crippen molar-refractivity contribution in [3.05, 3.63) is 59.7 Å². The lowest BCUT2D eigenvalue weighted by atomic mass is 10.1. The van der Waals surface area contributed by atoms with Gasteiger partial charge in [0.1, 0.15) is 18.2 Å². The number of nitrogens with one attached hydrogen (secondary N) is 2. The first-order valence-electron chi connectivity index (χ1n) is 8.30. The molecule has 0 aliphatic carbocycles. The summed E-state index contributed by atoms with van der Waals surface area (Å²) < 4.78 is 5.67. The molecule has 0 aliphatic rings.